The fourth-order valence-electron chi connectivity index (χ4n) is 5.50. The average molecular weight is 562 g/mol. The molecule has 8 heteroatoms. The van der Waals surface area contributed by atoms with Gasteiger partial charge in [-0.1, -0.05) is 72.4 Å². The van der Waals surface area contributed by atoms with Crippen molar-refractivity contribution in [1.29, 1.82) is 0 Å². The highest BCUT2D eigenvalue weighted by molar-refractivity contribution is 8.13. The van der Waals surface area contributed by atoms with E-state index in [0.29, 0.717) is 30.7 Å². The Labute approximate surface area is 239 Å². The summed E-state index contributed by atoms with van der Waals surface area (Å²) in [6, 6.07) is 26.6. The number of esters is 1. The van der Waals surface area contributed by atoms with Crippen LogP contribution >= 0.6 is 11.8 Å². The van der Waals surface area contributed by atoms with Gasteiger partial charge in [0.2, 0.25) is 0 Å². The third-order valence-electron chi connectivity index (χ3n) is 7.63. The monoisotopic (exact) mass is 561 g/mol. The Morgan fingerprint density at radius 2 is 1.68 bits per heavy atom. The minimum absolute atomic E-state index is 0.0231. The van der Waals surface area contributed by atoms with Crippen LogP contribution in [0.25, 0.3) is 0 Å². The largest absolute Gasteiger partial charge is 0.497 e. The lowest BCUT2D eigenvalue weighted by Gasteiger charge is -2.48. The van der Waals surface area contributed by atoms with E-state index in [0.717, 1.165) is 24.2 Å². The summed E-state index contributed by atoms with van der Waals surface area (Å²) in [4.78, 5) is 28.0. The molecule has 0 aliphatic carbocycles. The van der Waals surface area contributed by atoms with Gasteiger partial charge in [0.25, 0.3) is 5.24 Å². The van der Waals surface area contributed by atoms with E-state index in [1.54, 1.807) is 26.4 Å². The molecule has 0 N–H and O–H groups in total. The van der Waals surface area contributed by atoms with Crippen LogP contribution in [-0.4, -0.2) is 60.1 Å². The first-order valence-corrected chi connectivity index (χ1v) is 14.6. The van der Waals surface area contributed by atoms with Gasteiger partial charge < -0.3 is 23.8 Å². The van der Waals surface area contributed by atoms with E-state index in [1.807, 2.05) is 65.6 Å². The smallest absolute Gasteiger partial charge is 0.338 e. The Morgan fingerprint density at radius 3 is 2.35 bits per heavy atom. The quantitative estimate of drug-likeness (QED) is 0.277. The summed E-state index contributed by atoms with van der Waals surface area (Å²) in [5.74, 6) is -0.206. The van der Waals surface area contributed by atoms with Gasteiger partial charge in [-0.2, -0.15) is 0 Å². The second kappa shape index (κ2) is 12.9. The van der Waals surface area contributed by atoms with E-state index in [4.69, 9.17) is 18.9 Å². The van der Waals surface area contributed by atoms with Gasteiger partial charge in [0.1, 0.15) is 11.9 Å². The van der Waals surface area contributed by atoms with Gasteiger partial charge >= 0.3 is 5.97 Å². The van der Waals surface area contributed by atoms with E-state index in [2.05, 4.69) is 12.1 Å². The van der Waals surface area contributed by atoms with Gasteiger partial charge in [0, 0.05) is 32.2 Å². The van der Waals surface area contributed by atoms with Crippen molar-refractivity contribution < 1.29 is 28.5 Å². The molecule has 5 rings (SSSR count). The van der Waals surface area contributed by atoms with Crippen LogP contribution in [0.1, 0.15) is 40.7 Å². The highest BCUT2D eigenvalue weighted by Crippen LogP contribution is 2.43. The van der Waals surface area contributed by atoms with Crippen molar-refractivity contribution in [1.82, 2.24) is 4.90 Å². The summed E-state index contributed by atoms with van der Waals surface area (Å²) >= 11 is 1.27. The number of aryl methyl sites for hydroxylation is 1. The number of rotatable bonds is 10. The fraction of sp³-hybridized carbons (Fsp3) is 0.375. The number of ether oxygens (including phenoxy) is 4. The van der Waals surface area contributed by atoms with Crippen LogP contribution in [0.15, 0.2) is 84.9 Å². The van der Waals surface area contributed by atoms with E-state index in [-0.39, 0.29) is 23.4 Å². The lowest BCUT2D eigenvalue weighted by Crippen LogP contribution is -2.60. The van der Waals surface area contributed by atoms with Crippen molar-refractivity contribution in [3.8, 4) is 5.75 Å². The Morgan fingerprint density at radius 1 is 0.975 bits per heavy atom. The minimum Gasteiger partial charge on any atom is -0.497 e. The van der Waals surface area contributed by atoms with E-state index in [1.165, 1.54) is 17.3 Å². The van der Waals surface area contributed by atoms with Crippen LogP contribution in [-0.2, 0) is 27.2 Å². The molecule has 210 valence electrons. The molecule has 0 radical (unpaired) electrons. The van der Waals surface area contributed by atoms with Gasteiger partial charge in [-0.3, -0.25) is 4.79 Å². The predicted octanol–water partition coefficient (Wildman–Crippen LogP) is 6.11. The number of carbonyl (C=O) groups is 2. The molecule has 2 saturated heterocycles. The van der Waals surface area contributed by atoms with Gasteiger partial charge in [0.15, 0.2) is 5.79 Å². The Kier molecular flexibility index (Phi) is 9.09. The number of methoxy groups -OCH3 is 2. The van der Waals surface area contributed by atoms with Crippen LogP contribution in [0.4, 0.5) is 4.79 Å². The highest BCUT2D eigenvalue weighted by Gasteiger charge is 2.54. The molecule has 0 spiro atoms. The normalized spacial score (nSPS) is 24.6. The minimum atomic E-state index is -1.12. The maximum absolute atomic E-state index is 13.1. The third-order valence-corrected chi connectivity index (χ3v) is 8.59. The van der Waals surface area contributed by atoms with Crippen molar-refractivity contribution in [2.45, 2.75) is 56.3 Å². The molecule has 1 amide bonds. The van der Waals surface area contributed by atoms with Gasteiger partial charge in [-0.05, 0) is 48.2 Å². The maximum atomic E-state index is 13.1. The summed E-state index contributed by atoms with van der Waals surface area (Å²) in [5.41, 5.74) is 2.70. The zero-order valence-corrected chi connectivity index (χ0v) is 23.7. The van der Waals surface area contributed by atoms with Crippen molar-refractivity contribution in [3.05, 3.63) is 102 Å². The molecule has 3 aromatic rings. The second-order valence-electron chi connectivity index (χ2n) is 10.2. The predicted molar refractivity (Wildman–Crippen MR) is 154 cm³/mol. The summed E-state index contributed by atoms with van der Waals surface area (Å²) in [5, 5.41) is -0.0231. The number of carbonyl (C=O) groups excluding carboxylic acids is 2. The number of hydrogen-bond acceptors (Lipinski definition) is 7. The van der Waals surface area contributed by atoms with E-state index < -0.39 is 11.9 Å². The standard InChI is InChI=1S/C32H35NO6S/c1-36-26-16-14-24(15-17-26)21-33-29(22-40-31(33)35)32(37-2)20-28(38-30(34)25-11-7-4-8-12-25)19-27(39-32)18-13-23-9-5-3-6-10-23/h3-12,14-17,27-29H,13,18-22H2,1-2H3. The molecule has 4 unspecified atom stereocenters. The first-order chi connectivity index (χ1) is 19.5. The van der Waals surface area contributed by atoms with Crippen LogP contribution in [0, 0.1) is 0 Å². The maximum Gasteiger partial charge on any atom is 0.338 e. The third kappa shape index (κ3) is 6.52. The first kappa shape index (κ1) is 28.2. The van der Waals surface area contributed by atoms with Crippen LogP contribution in [0.2, 0.25) is 0 Å². The summed E-state index contributed by atoms with van der Waals surface area (Å²) in [7, 11) is 3.25. The van der Waals surface area contributed by atoms with Crippen molar-refractivity contribution in [3.63, 3.8) is 0 Å². The van der Waals surface area contributed by atoms with Gasteiger partial charge in [0.05, 0.1) is 24.8 Å². The van der Waals surface area contributed by atoms with E-state index in [9.17, 15) is 9.59 Å². The molecule has 2 heterocycles. The Balaban J connectivity index is 1.39. The molecular weight excluding hydrogens is 526 g/mol. The number of nitrogens with zero attached hydrogens (tertiary/aromatic N) is 1. The molecule has 2 fully saturated rings. The molecule has 0 bridgehead atoms. The van der Waals surface area contributed by atoms with Crippen molar-refractivity contribution in [2.75, 3.05) is 20.0 Å². The average Bonchev–Trinajstić information content (AvgIpc) is 3.37. The van der Waals surface area contributed by atoms with Crippen molar-refractivity contribution in [2.24, 2.45) is 0 Å². The fourth-order valence-corrected chi connectivity index (χ4v) is 6.60. The molecule has 7 nitrogen and oxygen atoms in total. The van der Waals surface area contributed by atoms with Crippen LogP contribution in [0.5, 0.6) is 5.75 Å². The summed E-state index contributed by atoms with van der Waals surface area (Å²) < 4.78 is 24.3. The molecule has 2 aliphatic heterocycles. The topological polar surface area (TPSA) is 74.3 Å². The molecule has 3 aromatic carbocycles. The van der Waals surface area contributed by atoms with Gasteiger partial charge in [-0.25, -0.2) is 4.79 Å². The van der Waals surface area contributed by atoms with E-state index >= 15 is 0 Å². The molecule has 40 heavy (non-hydrogen) atoms. The van der Waals surface area contributed by atoms with Crippen molar-refractivity contribution >= 4 is 23.0 Å². The molecule has 0 saturated carbocycles. The Bertz CT molecular complexity index is 1270. The number of amides is 1. The zero-order chi connectivity index (χ0) is 28.0. The van der Waals surface area contributed by atoms with Gasteiger partial charge in [-0.15, -0.1) is 0 Å². The Hall–Kier alpha value is -3.33. The highest BCUT2D eigenvalue weighted by atomic mass is 32.2. The summed E-state index contributed by atoms with van der Waals surface area (Å²) in [6.07, 6.45) is 1.81. The van der Waals surface area contributed by atoms with Crippen LogP contribution in [0.3, 0.4) is 0 Å². The second-order valence-corrected chi connectivity index (χ2v) is 11.2. The summed E-state index contributed by atoms with van der Waals surface area (Å²) in [6.45, 7) is 0.415. The first-order valence-electron chi connectivity index (χ1n) is 13.6. The number of hydrogen-bond donors (Lipinski definition) is 0. The molecule has 4 atom stereocenters. The molecule has 2 aliphatic rings. The molecular formula is C32H35NO6S. The zero-order valence-electron chi connectivity index (χ0n) is 22.9. The lowest BCUT2D eigenvalue weighted by molar-refractivity contribution is -0.304. The van der Waals surface area contributed by atoms with Crippen LogP contribution < -0.4 is 4.74 Å². The SMILES string of the molecule is COc1ccc(CN2C(=O)SCC2C2(OC)CC(OC(=O)c3ccccc3)CC(CCc3ccccc3)O2)cc1. The number of thioether (sulfide) groups is 1. The number of benzene rings is 3. The lowest BCUT2D eigenvalue weighted by atomic mass is 9.90. The molecule has 0 aromatic heterocycles.